The number of fused-ring (bicyclic) bond motifs is 4. The Morgan fingerprint density at radius 1 is 0.729 bits per heavy atom. The molecule has 0 bridgehead atoms. The molecule has 8 rings (SSSR count). The van der Waals surface area contributed by atoms with Gasteiger partial charge in [0.2, 0.25) is 0 Å². The van der Waals surface area contributed by atoms with Crippen molar-refractivity contribution < 1.29 is 0 Å². The van der Waals surface area contributed by atoms with Gasteiger partial charge >= 0.3 is 0 Å². The molecule has 48 heavy (non-hydrogen) atoms. The SMILES string of the molecule is [C-]#[N+]c1cc(-c2cc3c(C)c(C)n(C)c3cn2)cc(N(c2ccccc2)c2ccc3c4cc(C#N)ccc4n(-c4ccccn4)c3c2)c1. The molecular weight excluding hydrogens is 591 g/mol. The van der Waals surface area contributed by atoms with E-state index in [-0.39, 0.29) is 0 Å². The van der Waals surface area contributed by atoms with Crippen LogP contribution in [0.5, 0.6) is 0 Å². The van der Waals surface area contributed by atoms with Crippen molar-refractivity contribution in [1.29, 1.82) is 5.26 Å². The zero-order valence-electron chi connectivity index (χ0n) is 26.7. The molecule has 0 saturated heterocycles. The van der Waals surface area contributed by atoms with Crippen LogP contribution in [0.3, 0.4) is 0 Å². The van der Waals surface area contributed by atoms with E-state index in [0.717, 1.165) is 66.8 Å². The lowest BCUT2D eigenvalue weighted by Crippen LogP contribution is -2.10. The second kappa shape index (κ2) is 11.3. The van der Waals surface area contributed by atoms with E-state index in [1.165, 1.54) is 11.3 Å². The fraction of sp³-hybridized carbons (Fsp3) is 0.0732. The molecule has 0 aliphatic heterocycles. The van der Waals surface area contributed by atoms with Gasteiger partial charge in [0, 0.05) is 52.2 Å². The summed E-state index contributed by atoms with van der Waals surface area (Å²) in [5.41, 5.74) is 11.0. The summed E-state index contributed by atoms with van der Waals surface area (Å²) in [6.45, 7) is 12.3. The van der Waals surface area contributed by atoms with Crippen molar-refractivity contribution in [3.05, 3.63) is 150 Å². The molecule has 0 N–H and O–H groups in total. The predicted molar refractivity (Wildman–Crippen MR) is 193 cm³/mol. The number of pyridine rings is 2. The van der Waals surface area contributed by atoms with Crippen LogP contribution in [0.25, 0.3) is 54.6 Å². The molecule has 0 aliphatic carbocycles. The van der Waals surface area contributed by atoms with Crippen LogP contribution in [-0.4, -0.2) is 19.1 Å². The maximum Gasteiger partial charge on any atom is 0.189 e. The summed E-state index contributed by atoms with van der Waals surface area (Å²) in [6.07, 6.45) is 3.71. The minimum absolute atomic E-state index is 0.527. The van der Waals surface area contributed by atoms with Gasteiger partial charge in [-0.15, -0.1) is 0 Å². The number of benzene rings is 4. The van der Waals surface area contributed by atoms with E-state index in [1.54, 1.807) is 6.20 Å². The minimum atomic E-state index is 0.527. The molecule has 8 aromatic rings. The zero-order chi connectivity index (χ0) is 32.9. The molecule has 0 radical (unpaired) electrons. The highest BCUT2D eigenvalue weighted by molar-refractivity contribution is 6.10. The second-order valence-electron chi connectivity index (χ2n) is 11.9. The van der Waals surface area contributed by atoms with Crippen LogP contribution in [0, 0.1) is 31.8 Å². The van der Waals surface area contributed by atoms with Crippen LogP contribution in [0.2, 0.25) is 0 Å². The van der Waals surface area contributed by atoms with Gasteiger partial charge in [-0.2, -0.15) is 5.26 Å². The van der Waals surface area contributed by atoms with E-state index >= 15 is 0 Å². The van der Waals surface area contributed by atoms with Crippen LogP contribution >= 0.6 is 0 Å². The Morgan fingerprint density at radius 2 is 1.56 bits per heavy atom. The van der Waals surface area contributed by atoms with Crippen molar-refractivity contribution in [3.8, 4) is 23.1 Å². The normalized spacial score (nSPS) is 11.2. The lowest BCUT2D eigenvalue weighted by molar-refractivity contribution is 0.908. The summed E-state index contributed by atoms with van der Waals surface area (Å²) in [5, 5.41) is 12.8. The molecule has 228 valence electrons. The highest BCUT2D eigenvalue weighted by Crippen LogP contribution is 2.42. The molecule has 0 saturated carbocycles. The maximum atomic E-state index is 9.69. The summed E-state index contributed by atoms with van der Waals surface area (Å²) >= 11 is 0. The number of hydrogen-bond acceptors (Lipinski definition) is 4. The van der Waals surface area contributed by atoms with Crippen LogP contribution < -0.4 is 4.90 Å². The fourth-order valence-electron chi connectivity index (χ4n) is 6.71. The minimum Gasteiger partial charge on any atom is -0.346 e. The molecule has 0 spiro atoms. The predicted octanol–water partition coefficient (Wildman–Crippen LogP) is 10.2. The summed E-state index contributed by atoms with van der Waals surface area (Å²) in [5.74, 6) is 0.788. The monoisotopic (exact) mass is 619 g/mol. The van der Waals surface area contributed by atoms with E-state index in [2.05, 4.69) is 88.3 Å². The number of rotatable bonds is 5. The molecule has 4 aromatic carbocycles. The number of aryl methyl sites for hydroxylation is 2. The first kappa shape index (κ1) is 28.8. The largest absolute Gasteiger partial charge is 0.346 e. The smallest absolute Gasteiger partial charge is 0.189 e. The molecule has 0 amide bonds. The van der Waals surface area contributed by atoms with Gasteiger partial charge in [0.25, 0.3) is 0 Å². The third kappa shape index (κ3) is 4.57. The lowest BCUT2D eigenvalue weighted by Gasteiger charge is -2.26. The molecule has 0 aliphatic rings. The van der Waals surface area contributed by atoms with Gasteiger partial charge in [0.05, 0.1) is 46.6 Å². The summed E-state index contributed by atoms with van der Waals surface area (Å²) in [4.78, 5) is 15.6. The van der Waals surface area contributed by atoms with Crippen molar-refractivity contribution in [2.45, 2.75) is 13.8 Å². The van der Waals surface area contributed by atoms with Crippen molar-refractivity contribution in [2.75, 3.05) is 4.90 Å². The van der Waals surface area contributed by atoms with Crippen molar-refractivity contribution in [1.82, 2.24) is 19.1 Å². The van der Waals surface area contributed by atoms with E-state index in [0.29, 0.717) is 11.3 Å². The average molecular weight is 620 g/mol. The molecule has 0 unspecified atom stereocenters. The molecule has 4 heterocycles. The Bertz CT molecular complexity index is 2620. The first-order chi connectivity index (χ1) is 23.4. The van der Waals surface area contributed by atoms with Crippen LogP contribution in [0.1, 0.15) is 16.8 Å². The standard InChI is InChI=1S/C41H29N7/c1-26-27(2)46(4)40-25-45-37(23-35(26)40)29-19-30(43-3)21-33(20-29)47(31-10-6-5-7-11-31)32-14-15-34-36-18-28(24-42)13-16-38(36)48(39(34)22-32)41-12-8-9-17-44-41/h5-23,25H,1-2,4H3. The van der Waals surface area contributed by atoms with Crippen molar-refractivity contribution in [3.63, 3.8) is 0 Å². The molecule has 0 atom stereocenters. The van der Waals surface area contributed by atoms with Gasteiger partial charge in [-0.05, 0) is 104 Å². The van der Waals surface area contributed by atoms with E-state index in [1.807, 2.05) is 72.9 Å². The Hall–Kier alpha value is -6.70. The average Bonchev–Trinajstić information content (AvgIpc) is 3.57. The highest BCUT2D eigenvalue weighted by Gasteiger charge is 2.20. The van der Waals surface area contributed by atoms with E-state index < -0.39 is 0 Å². The number of para-hydroxylation sites is 1. The molecular formula is C41H29N7. The van der Waals surface area contributed by atoms with Gasteiger partial charge in [0.1, 0.15) is 5.82 Å². The maximum absolute atomic E-state index is 9.69. The number of nitrogens with zero attached hydrogens (tertiary/aromatic N) is 7. The fourth-order valence-corrected chi connectivity index (χ4v) is 6.71. The van der Waals surface area contributed by atoms with Gasteiger partial charge in [-0.1, -0.05) is 30.3 Å². The molecule has 0 fully saturated rings. The van der Waals surface area contributed by atoms with Crippen LogP contribution in [-0.2, 0) is 7.05 Å². The Morgan fingerprint density at radius 3 is 2.33 bits per heavy atom. The van der Waals surface area contributed by atoms with Gasteiger partial charge in [-0.25, -0.2) is 9.83 Å². The first-order valence-electron chi connectivity index (χ1n) is 15.6. The Labute approximate surface area is 278 Å². The first-order valence-corrected chi connectivity index (χ1v) is 15.6. The molecule has 7 nitrogen and oxygen atoms in total. The quantitative estimate of drug-likeness (QED) is 0.180. The summed E-state index contributed by atoms with van der Waals surface area (Å²) in [7, 11) is 2.06. The number of nitriles is 1. The van der Waals surface area contributed by atoms with Crippen LogP contribution in [0.4, 0.5) is 22.7 Å². The number of anilines is 3. The zero-order valence-corrected chi connectivity index (χ0v) is 26.7. The third-order valence-corrected chi connectivity index (χ3v) is 9.31. The Balaban J connectivity index is 1.37. The molecule has 7 heteroatoms. The van der Waals surface area contributed by atoms with E-state index in [4.69, 9.17) is 16.5 Å². The highest BCUT2D eigenvalue weighted by atomic mass is 15.1. The number of hydrogen-bond donors (Lipinski definition) is 0. The third-order valence-electron chi connectivity index (χ3n) is 9.31. The number of aromatic nitrogens is 4. The van der Waals surface area contributed by atoms with Crippen molar-refractivity contribution >= 4 is 55.5 Å². The topological polar surface area (TPSA) is 67.0 Å². The van der Waals surface area contributed by atoms with Gasteiger partial charge < -0.3 is 9.47 Å². The molecule has 4 aromatic heterocycles. The van der Waals surface area contributed by atoms with Crippen LogP contribution in [0.15, 0.2) is 122 Å². The second-order valence-corrected chi connectivity index (χ2v) is 11.9. The summed E-state index contributed by atoms with van der Waals surface area (Å²) < 4.78 is 4.31. The summed E-state index contributed by atoms with van der Waals surface area (Å²) in [6, 6.07) is 38.6. The van der Waals surface area contributed by atoms with Crippen molar-refractivity contribution in [2.24, 2.45) is 7.05 Å². The Kier molecular flexibility index (Phi) is 6.75. The van der Waals surface area contributed by atoms with E-state index in [9.17, 15) is 5.26 Å². The van der Waals surface area contributed by atoms with Gasteiger partial charge in [-0.3, -0.25) is 9.55 Å². The lowest BCUT2D eigenvalue weighted by atomic mass is 10.0. The van der Waals surface area contributed by atoms with Gasteiger partial charge in [0.15, 0.2) is 5.69 Å².